The molecule has 0 saturated carbocycles. The zero-order valence-corrected chi connectivity index (χ0v) is 16.5. The fourth-order valence-corrected chi connectivity index (χ4v) is 3.84. The molecule has 29 heavy (non-hydrogen) atoms. The van der Waals surface area contributed by atoms with Crippen molar-refractivity contribution in [2.45, 2.75) is 26.1 Å². The molecule has 3 aromatic rings. The first-order chi connectivity index (χ1) is 14.0. The number of hydrogen-bond acceptors (Lipinski definition) is 4. The van der Waals surface area contributed by atoms with Gasteiger partial charge in [0.1, 0.15) is 11.6 Å². The van der Waals surface area contributed by atoms with Gasteiger partial charge in [0.2, 0.25) is 0 Å². The molecule has 148 valence electrons. The molecule has 1 aliphatic heterocycles. The summed E-state index contributed by atoms with van der Waals surface area (Å²) in [6.07, 6.45) is -0.636. The number of amides is 2. The van der Waals surface area contributed by atoms with E-state index in [0.29, 0.717) is 29.4 Å². The summed E-state index contributed by atoms with van der Waals surface area (Å²) in [5.74, 6) is -0.0255. The number of fused-ring (bicyclic) bond motifs is 1. The van der Waals surface area contributed by atoms with Gasteiger partial charge in [0, 0.05) is 24.3 Å². The summed E-state index contributed by atoms with van der Waals surface area (Å²) >= 11 is 1.37. The molecule has 1 aromatic heterocycles. The van der Waals surface area contributed by atoms with Crippen LogP contribution >= 0.6 is 11.3 Å². The zero-order valence-electron chi connectivity index (χ0n) is 15.7. The second-order valence-electron chi connectivity index (χ2n) is 6.83. The summed E-state index contributed by atoms with van der Waals surface area (Å²) in [6, 6.07) is 15.0. The minimum atomic E-state index is -0.636. The lowest BCUT2D eigenvalue weighted by atomic mass is 10.1. The molecule has 2 heterocycles. The van der Waals surface area contributed by atoms with Crippen molar-refractivity contribution in [1.82, 2.24) is 4.90 Å². The summed E-state index contributed by atoms with van der Waals surface area (Å²) in [5.41, 5.74) is 2.26. The van der Waals surface area contributed by atoms with Crippen LogP contribution in [0.25, 0.3) is 0 Å². The smallest absolute Gasteiger partial charge is 0.265 e. The van der Waals surface area contributed by atoms with Crippen molar-refractivity contribution in [2.75, 3.05) is 5.32 Å². The van der Waals surface area contributed by atoms with Crippen molar-refractivity contribution in [3.05, 3.63) is 81.8 Å². The number of nitrogens with one attached hydrogen (secondary N) is 1. The van der Waals surface area contributed by atoms with Crippen molar-refractivity contribution in [3.63, 3.8) is 0 Å². The number of anilines is 1. The zero-order chi connectivity index (χ0) is 20.4. The highest BCUT2D eigenvalue weighted by atomic mass is 32.1. The molecule has 7 heteroatoms. The average molecular weight is 410 g/mol. The number of benzene rings is 2. The number of halogens is 1. The lowest BCUT2D eigenvalue weighted by molar-refractivity contribution is -0.138. The maximum Gasteiger partial charge on any atom is 0.265 e. The minimum Gasteiger partial charge on any atom is -0.481 e. The molecule has 0 fully saturated rings. The van der Waals surface area contributed by atoms with Gasteiger partial charge in [0.25, 0.3) is 11.8 Å². The second-order valence-corrected chi connectivity index (χ2v) is 7.78. The Morgan fingerprint density at radius 1 is 1.24 bits per heavy atom. The van der Waals surface area contributed by atoms with Gasteiger partial charge in [-0.3, -0.25) is 9.59 Å². The third-order valence-electron chi connectivity index (χ3n) is 4.67. The van der Waals surface area contributed by atoms with Crippen LogP contribution in [-0.4, -0.2) is 22.8 Å². The quantitative estimate of drug-likeness (QED) is 0.691. The Balaban J connectivity index is 1.57. The highest BCUT2D eigenvalue weighted by molar-refractivity contribution is 7.12. The molecule has 4 rings (SSSR count). The third kappa shape index (κ3) is 4.30. The molecule has 5 nitrogen and oxygen atoms in total. The molecule has 0 spiro atoms. The van der Waals surface area contributed by atoms with Gasteiger partial charge in [-0.05, 0) is 54.3 Å². The molecule has 0 radical (unpaired) electrons. The summed E-state index contributed by atoms with van der Waals surface area (Å²) in [7, 11) is 0. The van der Waals surface area contributed by atoms with Crippen LogP contribution in [0.3, 0.4) is 0 Å². The fraction of sp³-hybridized carbons (Fsp3) is 0.182. The van der Waals surface area contributed by atoms with E-state index in [1.807, 2.05) is 17.5 Å². The van der Waals surface area contributed by atoms with Crippen molar-refractivity contribution in [1.29, 1.82) is 0 Å². The van der Waals surface area contributed by atoms with Crippen LogP contribution in [0.4, 0.5) is 10.1 Å². The van der Waals surface area contributed by atoms with Crippen LogP contribution in [0.15, 0.2) is 60.0 Å². The Bertz CT molecular complexity index is 1030. The highest BCUT2D eigenvalue weighted by Gasteiger charge is 2.28. The second kappa shape index (κ2) is 8.05. The average Bonchev–Trinajstić information content (AvgIpc) is 3.22. The maximum absolute atomic E-state index is 13.2. The number of thiophene rings is 1. The Hall–Kier alpha value is -3.19. The van der Waals surface area contributed by atoms with E-state index in [-0.39, 0.29) is 17.6 Å². The number of rotatable bonds is 4. The predicted molar refractivity (Wildman–Crippen MR) is 109 cm³/mol. The molecule has 1 aliphatic rings. The molecule has 0 saturated heterocycles. The monoisotopic (exact) mass is 410 g/mol. The molecule has 1 atom stereocenters. The van der Waals surface area contributed by atoms with Crippen LogP contribution in [0.1, 0.15) is 27.7 Å². The summed E-state index contributed by atoms with van der Waals surface area (Å²) in [6.45, 7) is 2.39. The predicted octanol–water partition coefficient (Wildman–Crippen LogP) is 4.45. The van der Waals surface area contributed by atoms with E-state index in [1.165, 1.54) is 23.5 Å². The first kappa shape index (κ1) is 19.1. The number of hydrogen-bond donors (Lipinski definition) is 1. The first-order valence-electron chi connectivity index (χ1n) is 9.17. The first-order valence-corrected chi connectivity index (χ1v) is 10.1. The van der Waals surface area contributed by atoms with E-state index in [4.69, 9.17) is 4.74 Å². The van der Waals surface area contributed by atoms with Crippen LogP contribution in [0.5, 0.6) is 5.75 Å². The van der Waals surface area contributed by atoms with Gasteiger partial charge in [-0.2, -0.15) is 0 Å². The van der Waals surface area contributed by atoms with E-state index in [2.05, 4.69) is 5.32 Å². The highest BCUT2D eigenvalue weighted by Crippen LogP contribution is 2.29. The third-order valence-corrected chi connectivity index (χ3v) is 5.54. The van der Waals surface area contributed by atoms with Crippen molar-refractivity contribution >= 4 is 28.8 Å². The largest absolute Gasteiger partial charge is 0.481 e. The van der Waals surface area contributed by atoms with Crippen LogP contribution in [0, 0.1) is 5.82 Å². The standard InChI is InChI=1S/C22H19FN2O3S/c1-14-22(27)25(12-15-4-6-17(23)7-5-15)13-16-11-18(8-9-19(16)28-14)24-21(26)20-3-2-10-29-20/h2-11,14H,12-13H2,1H3,(H,24,26)/t14-/m0/s1. The van der Waals surface area contributed by atoms with E-state index in [0.717, 1.165) is 11.1 Å². The van der Waals surface area contributed by atoms with Crippen LogP contribution < -0.4 is 10.1 Å². The number of nitrogens with zero attached hydrogens (tertiary/aromatic N) is 1. The van der Waals surface area contributed by atoms with Gasteiger partial charge in [-0.25, -0.2) is 4.39 Å². The van der Waals surface area contributed by atoms with Crippen LogP contribution in [-0.2, 0) is 17.9 Å². The van der Waals surface area contributed by atoms with E-state index in [1.54, 1.807) is 42.2 Å². The summed E-state index contributed by atoms with van der Waals surface area (Å²) in [5, 5.41) is 4.73. The summed E-state index contributed by atoms with van der Waals surface area (Å²) < 4.78 is 19.0. The molecular formula is C22H19FN2O3S. The number of carbonyl (C=O) groups is 2. The fourth-order valence-electron chi connectivity index (χ4n) is 3.22. The van der Waals surface area contributed by atoms with Crippen molar-refractivity contribution in [2.24, 2.45) is 0 Å². The molecule has 0 aliphatic carbocycles. The Morgan fingerprint density at radius 2 is 2.03 bits per heavy atom. The van der Waals surface area contributed by atoms with E-state index < -0.39 is 6.10 Å². The minimum absolute atomic E-state index is 0.144. The number of carbonyl (C=O) groups excluding carboxylic acids is 2. The van der Waals surface area contributed by atoms with Crippen molar-refractivity contribution in [3.8, 4) is 5.75 Å². The van der Waals surface area contributed by atoms with E-state index in [9.17, 15) is 14.0 Å². The Labute approximate surface area is 171 Å². The molecule has 2 amide bonds. The summed E-state index contributed by atoms with van der Waals surface area (Å²) in [4.78, 5) is 27.4. The molecule has 0 bridgehead atoms. The molecule has 0 unspecified atom stereocenters. The van der Waals surface area contributed by atoms with Gasteiger partial charge in [0.05, 0.1) is 4.88 Å². The Kier molecular flexibility index (Phi) is 5.31. The molecule has 2 aromatic carbocycles. The normalized spacial score (nSPS) is 16.0. The molecule has 1 N–H and O–H groups in total. The Morgan fingerprint density at radius 3 is 2.76 bits per heavy atom. The lowest BCUT2D eigenvalue weighted by Gasteiger charge is -2.22. The van der Waals surface area contributed by atoms with Crippen LogP contribution in [0.2, 0.25) is 0 Å². The van der Waals surface area contributed by atoms with Gasteiger partial charge < -0.3 is 15.0 Å². The number of ether oxygens (including phenoxy) is 1. The lowest BCUT2D eigenvalue weighted by Crippen LogP contribution is -2.37. The molecular weight excluding hydrogens is 391 g/mol. The van der Waals surface area contributed by atoms with E-state index >= 15 is 0 Å². The SMILES string of the molecule is C[C@@H]1Oc2ccc(NC(=O)c3cccs3)cc2CN(Cc2ccc(F)cc2)C1=O. The van der Waals surface area contributed by atoms with Gasteiger partial charge in [-0.15, -0.1) is 11.3 Å². The topological polar surface area (TPSA) is 58.6 Å². The maximum atomic E-state index is 13.2. The van der Waals surface area contributed by atoms with Gasteiger partial charge in [0.15, 0.2) is 6.10 Å². The van der Waals surface area contributed by atoms with Gasteiger partial charge in [-0.1, -0.05) is 18.2 Å². The van der Waals surface area contributed by atoms with Gasteiger partial charge >= 0.3 is 0 Å². The van der Waals surface area contributed by atoms with Crippen molar-refractivity contribution < 1.29 is 18.7 Å².